The Morgan fingerprint density at radius 1 is 1.08 bits per heavy atom. The lowest BCUT2D eigenvalue weighted by atomic mass is 10.0. The van der Waals surface area contributed by atoms with Gasteiger partial charge in [0.2, 0.25) is 0 Å². The van der Waals surface area contributed by atoms with E-state index >= 15 is 0 Å². The maximum absolute atomic E-state index is 12.8. The van der Waals surface area contributed by atoms with E-state index in [0.717, 1.165) is 6.26 Å². The van der Waals surface area contributed by atoms with Crippen molar-refractivity contribution in [2.75, 3.05) is 5.75 Å². The van der Waals surface area contributed by atoms with Gasteiger partial charge in [0.25, 0.3) is 5.22 Å². The summed E-state index contributed by atoms with van der Waals surface area (Å²) in [5.41, 5.74) is -3.66. The van der Waals surface area contributed by atoms with Crippen LogP contribution in [-0.2, 0) is 17.1 Å². The normalized spacial score (nSPS) is 12.4. The second kappa shape index (κ2) is 6.38. The Morgan fingerprint density at radius 2 is 1.62 bits per heavy atom. The molecule has 130 valence electrons. The summed E-state index contributed by atoms with van der Waals surface area (Å²) in [7, 11) is 0. The molecule has 0 fully saturated rings. The quantitative estimate of drug-likeness (QED) is 0.631. The van der Waals surface area contributed by atoms with Crippen molar-refractivity contribution in [3.05, 3.63) is 35.6 Å². The summed E-state index contributed by atoms with van der Waals surface area (Å²) in [5.74, 6) is -1.60. The zero-order valence-electron chi connectivity index (χ0n) is 11.4. The number of halogens is 6. The van der Waals surface area contributed by atoms with Crippen molar-refractivity contribution in [2.24, 2.45) is 0 Å². The van der Waals surface area contributed by atoms with Crippen LogP contribution in [0.5, 0.6) is 0 Å². The van der Waals surface area contributed by atoms with Crippen molar-refractivity contribution in [3.8, 4) is 11.3 Å². The number of benzene rings is 1. The van der Waals surface area contributed by atoms with E-state index in [4.69, 9.17) is 9.52 Å². The Bertz CT molecular complexity index is 721. The highest BCUT2D eigenvalue weighted by molar-refractivity contribution is 7.99. The molecule has 4 nitrogen and oxygen atoms in total. The van der Waals surface area contributed by atoms with Crippen LogP contribution < -0.4 is 0 Å². The molecule has 0 bridgehead atoms. The van der Waals surface area contributed by atoms with Gasteiger partial charge in [-0.2, -0.15) is 26.3 Å². The SMILES string of the molecule is O=C(O)CSc1nc(-c2cc(C(F)(F)F)cc(C(F)(F)F)c2)co1. The molecule has 1 aromatic carbocycles. The third kappa shape index (κ3) is 4.43. The van der Waals surface area contributed by atoms with Crippen LogP contribution >= 0.6 is 11.8 Å². The maximum Gasteiger partial charge on any atom is 0.416 e. The largest absolute Gasteiger partial charge is 0.481 e. The van der Waals surface area contributed by atoms with Crippen LogP contribution in [0.4, 0.5) is 26.3 Å². The van der Waals surface area contributed by atoms with E-state index in [1.165, 1.54) is 0 Å². The average Bonchev–Trinajstić information content (AvgIpc) is 2.91. The third-order valence-corrected chi connectivity index (χ3v) is 3.51. The minimum atomic E-state index is -4.97. The molecule has 0 saturated heterocycles. The summed E-state index contributed by atoms with van der Waals surface area (Å²) in [6.07, 6.45) is -9.08. The van der Waals surface area contributed by atoms with Gasteiger partial charge in [0, 0.05) is 5.56 Å². The van der Waals surface area contributed by atoms with Crippen molar-refractivity contribution in [2.45, 2.75) is 17.6 Å². The van der Waals surface area contributed by atoms with Crippen molar-refractivity contribution in [3.63, 3.8) is 0 Å². The third-order valence-electron chi connectivity index (χ3n) is 2.69. The molecule has 0 aliphatic carbocycles. The average molecular weight is 371 g/mol. The van der Waals surface area contributed by atoms with Crippen LogP contribution in [0, 0.1) is 0 Å². The second-order valence-electron chi connectivity index (χ2n) is 4.48. The lowest BCUT2D eigenvalue weighted by molar-refractivity contribution is -0.143. The fourth-order valence-electron chi connectivity index (χ4n) is 1.68. The van der Waals surface area contributed by atoms with Gasteiger partial charge in [0.05, 0.1) is 11.1 Å². The predicted octanol–water partition coefficient (Wildman–Crippen LogP) is 4.56. The number of aliphatic carboxylic acids is 1. The second-order valence-corrected chi connectivity index (χ2v) is 5.40. The molecular weight excluding hydrogens is 364 g/mol. The minimum Gasteiger partial charge on any atom is -0.481 e. The molecule has 0 amide bonds. The number of hydrogen-bond acceptors (Lipinski definition) is 4. The molecule has 0 aliphatic rings. The lowest BCUT2D eigenvalue weighted by Crippen LogP contribution is -2.11. The Hall–Kier alpha value is -2.17. The molecule has 2 rings (SSSR count). The summed E-state index contributed by atoms with van der Waals surface area (Å²) in [6, 6.07) is 1.03. The molecular formula is C13H7F6NO3S. The highest BCUT2D eigenvalue weighted by Gasteiger charge is 2.37. The van der Waals surface area contributed by atoms with Crippen LogP contribution in [0.25, 0.3) is 11.3 Å². The number of nitrogens with zero attached hydrogens (tertiary/aromatic N) is 1. The number of oxazole rings is 1. The molecule has 0 saturated carbocycles. The monoisotopic (exact) mass is 371 g/mol. The highest BCUT2D eigenvalue weighted by atomic mass is 32.2. The van der Waals surface area contributed by atoms with Crippen LogP contribution in [0.1, 0.15) is 11.1 Å². The summed E-state index contributed by atoms with van der Waals surface area (Å²) >= 11 is 0.642. The van der Waals surface area contributed by atoms with E-state index in [1.807, 2.05) is 0 Å². The first-order valence-electron chi connectivity index (χ1n) is 6.07. The molecule has 0 aliphatic heterocycles. The van der Waals surface area contributed by atoms with E-state index in [0.29, 0.717) is 23.9 Å². The summed E-state index contributed by atoms with van der Waals surface area (Å²) in [4.78, 5) is 14.1. The lowest BCUT2D eigenvalue weighted by Gasteiger charge is -2.13. The number of carbonyl (C=O) groups is 1. The van der Waals surface area contributed by atoms with Gasteiger partial charge in [-0.05, 0) is 18.2 Å². The van der Waals surface area contributed by atoms with E-state index in [2.05, 4.69) is 4.98 Å². The topological polar surface area (TPSA) is 63.3 Å². The molecule has 1 heterocycles. The molecule has 0 unspecified atom stereocenters. The Labute approximate surface area is 134 Å². The van der Waals surface area contributed by atoms with Gasteiger partial charge in [-0.3, -0.25) is 4.79 Å². The van der Waals surface area contributed by atoms with E-state index in [-0.39, 0.29) is 17.0 Å². The number of thioether (sulfide) groups is 1. The number of aromatic nitrogens is 1. The van der Waals surface area contributed by atoms with Crippen LogP contribution in [0.15, 0.2) is 34.1 Å². The molecule has 1 N–H and O–H groups in total. The van der Waals surface area contributed by atoms with Gasteiger partial charge in [-0.1, -0.05) is 11.8 Å². The van der Waals surface area contributed by atoms with Crippen LogP contribution in [-0.4, -0.2) is 21.8 Å². The summed E-state index contributed by atoms with van der Waals surface area (Å²) in [5, 5.41) is 8.33. The first kappa shape index (κ1) is 18.2. The highest BCUT2D eigenvalue weighted by Crippen LogP contribution is 2.38. The van der Waals surface area contributed by atoms with Crippen molar-refractivity contribution >= 4 is 17.7 Å². The smallest absolute Gasteiger partial charge is 0.416 e. The molecule has 0 spiro atoms. The molecule has 1 aromatic heterocycles. The zero-order valence-corrected chi connectivity index (χ0v) is 12.2. The molecule has 0 atom stereocenters. The molecule has 0 radical (unpaired) electrons. The Kier molecular flexibility index (Phi) is 4.83. The first-order chi connectivity index (χ1) is 11.0. The zero-order chi connectivity index (χ0) is 18.1. The van der Waals surface area contributed by atoms with Crippen molar-refractivity contribution < 1.29 is 40.7 Å². The summed E-state index contributed by atoms with van der Waals surface area (Å²) < 4.78 is 81.6. The molecule has 24 heavy (non-hydrogen) atoms. The van der Waals surface area contributed by atoms with Gasteiger partial charge in [-0.25, -0.2) is 4.98 Å². The van der Waals surface area contributed by atoms with Gasteiger partial charge < -0.3 is 9.52 Å². The fourth-order valence-corrected chi connectivity index (χ4v) is 2.21. The Balaban J connectivity index is 2.44. The van der Waals surface area contributed by atoms with Gasteiger partial charge in [0.15, 0.2) is 0 Å². The number of carboxylic acid groups (broad SMARTS) is 1. The van der Waals surface area contributed by atoms with Gasteiger partial charge in [0.1, 0.15) is 17.7 Å². The van der Waals surface area contributed by atoms with Gasteiger partial charge in [-0.15, -0.1) is 0 Å². The number of rotatable bonds is 4. The fraction of sp³-hybridized carbons (Fsp3) is 0.231. The molecule has 2 aromatic rings. The van der Waals surface area contributed by atoms with Crippen molar-refractivity contribution in [1.82, 2.24) is 4.98 Å². The molecule has 11 heteroatoms. The standard InChI is InChI=1S/C13H7F6NO3S/c14-12(15,16)7-1-6(2-8(3-7)13(17,18)19)9-4-23-11(20-9)24-5-10(21)22/h1-4H,5H2,(H,21,22). The maximum atomic E-state index is 12.8. The predicted molar refractivity (Wildman–Crippen MR) is 70.3 cm³/mol. The van der Waals surface area contributed by atoms with Crippen molar-refractivity contribution in [1.29, 1.82) is 0 Å². The summed E-state index contributed by atoms with van der Waals surface area (Å²) in [6.45, 7) is 0. The van der Waals surface area contributed by atoms with Crippen LogP contribution in [0.3, 0.4) is 0 Å². The van der Waals surface area contributed by atoms with E-state index < -0.39 is 40.8 Å². The number of carboxylic acids is 1. The number of alkyl halides is 6. The number of hydrogen-bond donors (Lipinski definition) is 1. The minimum absolute atomic E-state index is 0.00364. The van der Waals surface area contributed by atoms with E-state index in [9.17, 15) is 31.1 Å². The Morgan fingerprint density at radius 3 is 2.08 bits per heavy atom. The first-order valence-corrected chi connectivity index (χ1v) is 7.05. The van der Waals surface area contributed by atoms with Crippen LogP contribution in [0.2, 0.25) is 0 Å². The van der Waals surface area contributed by atoms with Gasteiger partial charge >= 0.3 is 18.3 Å². The van der Waals surface area contributed by atoms with E-state index in [1.54, 1.807) is 0 Å².